The molecule has 124 valence electrons. The van der Waals surface area contributed by atoms with Crippen LogP contribution in [0.25, 0.3) is 10.2 Å². The van der Waals surface area contributed by atoms with Gasteiger partial charge in [0.1, 0.15) is 0 Å². The second kappa shape index (κ2) is 8.42. The molecule has 3 nitrogen and oxygen atoms in total. The topological polar surface area (TPSA) is 42.0 Å². The van der Waals surface area contributed by atoms with E-state index in [0.717, 1.165) is 27.5 Å². The number of thioether (sulfide) groups is 1. The summed E-state index contributed by atoms with van der Waals surface area (Å²) in [4.78, 5) is 16.7. The number of nitrogens with zero attached hydrogens (tertiary/aromatic N) is 1. The fourth-order valence-corrected chi connectivity index (χ4v) is 4.55. The van der Waals surface area contributed by atoms with Crippen LogP contribution >= 0.6 is 23.1 Å². The highest BCUT2D eigenvalue weighted by Crippen LogP contribution is 2.30. The molecule has 0 bridgehead atoms. The molecule has 1 aromatic heterocycles. The molecular formula is C19H20N2OS2. The van der Waals surface area contributed by atoms with Gasteiger partial charge in [-0.15, -0.1) is 11.3 Å². The number of nitrogens with one attached hydrogen (secondary N) is 1. The fraction of sp³-hybridized carbons (Fsp3) is 0.263. The van der Waals surface area contributed by atoms with E-state index in [-0.39, 0.29) is 11.2 Å². The van der Waals surface area contributed by atoms with Gasteiger partial charge in [-0.3, -0.25) is 4.79 Å². The van der Waals surface area contributed by atoms with Crippen molar-refractivity contribution in [3.8, 4) is 0 Å². The van der Waals surface area contributed by atoms with E-state index in [1.165, 1.54) is 17.3 Å². The molecule has 3 rings (SSSR count). The van der Waals surface area contributed by atoms with Crippen LogP contribution in [0.3, 0.4) is 0 Å². The van der Waals surface area contributed by atoms with Crippen molar-refractivity contribution in [2.24, 2.45) is 0 Å². The van der Waals surface area contributed by atoms with Crippen molar-refractivity contribution < 1.29 is 4.79 Å². The number of aromatic nitrogens is 1. The van der Waals surface area contributed by atoms with Crippen molar-refractivity contribution in [3.63, 3.8) is 0 Å². The molecule has 1 heterocycles. The highest BCUT2D eigenvalue weighted by molar-refractivity contribution is 8.15. The smallest absolute Gasteiger partial charge is 0.197 e. The van der Waals surface area contributed by atoms with Crippen LogP contribution in [0.5, 0.6) is 0 Å². The second-order valence-electron chi connectivity index (χ2n) is 5.72. The highest BCUT2D eigenvalue weighted by Gasteiger charge is 2.13. The third kappa shape index (κ3) is 4.90. The molecule has 2 aromatic carbocycles. The van der Waals surface area contributed by atoms with Crippen molar-refractivity contribution in [1.82, 2.24) is 10.3 Å². The Morgan fingerprint density at radius 2 is 1.92 bits per heavy atom. The summed E-state index contributed by atoms with van der Waals surface area (Å²) >= 11 is 2.83. The largest absolute Gasteiger partial charge is 0.313 e. The van der Waals surface area contributed by atoms with Gasteiger partial charge in [0.2, 0.25) is 0 Å². The van der Waals surface area contributed by atoms with Crippen LogP contribution in [-0.2, 0) is 11.2 Å². The van der Waals surface area contributed by atoms with Crippen molar-refractivity contribution in [2.75, 3.05) is 6.54 Å². The van der Waals surface area contributed by atoms with Gasteiger partial charge in [0.05, 0.1) is 10.2 Å². The van der Waals surface area contributed by atoms with Gasteiger partial charge in [-0.1, -0.05) is 42.5 Å². The van der Waals surface area contributed by atoms with Crippen LogP contribution in [0.1, 0.15) is 18.9 Å². The molecule has 0 saturated carbocycles. The van der Waals surface area contributed by atoms with Gasteiger partial charge in [-0.25, -0.2) is 4.98 Å². The fourth-order valence-electron chi connectivity index (χ4n) is 2.46. The molecule has 0 radical (unpaired) electrons. The van der Waals surface area contributed by atoms with E-state index in [9.17, 15) is 4.79 Å². The summed E-state index contributed by atoms with van der Waals surface area (Å²) in [5.41, 5.74) is 2.28. The lowest BCUT2D eigenvalue weighted by Crippen LogP contribution is -2.29. The van der Waals surface area contributed by atoms with Crippen LogP contribution in [0, 0.1) is 0 Å². The minimum absolute atomic E-state index is 0.161. The van der Waals surface area contributed by atoms with Crippen molar-refractivity contribution >= 4 is 38.4 Å². The van der Waals surface area contributed by atoms with Crippen LogP contribution in [0.15, 0.2) is 58.9 Å². The van der Waals surface area contributed by atoms with Gasteiger partial charge in [0.25, 0.3) is 0 Å². The molecule has 3 aromatic rings. The van der Waals surface area contributed by atoms with Gasteiger partial charge in [0, 0.05) is 12.5 Å². The zero-order valence-electron chi connectivity index (χ0n) is 13.6. The molecule has 0 saturated heterocycles. The molecule has 0 aliphatic rings. The molecule has 1 atom stereocenters. The van der Waals surface area contributed by atoms with E-state index in [1.807, 2.05) is 30.3 Å². The Balaban J connectivity index is 1.44. The lowest BCUT2D eigenvalue weighted by Gasteiger charge is -2.12. The minimum atomic E-state index is 0.161. The number of carbonyl (C=O) groups excluding carboxylic acids is 1. The number of fused-ring (bicyclic) bond motifs is 1. The average Bonchev–Trinajstić information content (AvgIpc) is 2.97. The third-order valence-electron chi connectivity index (χ3n) is 3.70. The molecule has 5 heteroatoms. The average molecular weight is 357 g/mol. The normalized spacial score (nSPS) is 12.4. The zero-order valence-corrected chi connectivity index (χ0v) is 15.2. The monoisotopic (exact) mass is 356 g/mol. The molecule has 24 heavy (non-hydrogen) atoms. The summed E-state index contributed by atoms with van der Waals surface area (Å²) in [7, 11) is 0. The van der Waals surface area contributed by atoms with Gasteiger partial charge < -0.3 is 5.32 Å². The quantitative estimate of drug-likeness (QED) is 0.632. The molecule has 0 aliphatic heterocycles. The summed E-state index contributed by atoms with van der Waals surface area (Å²) in [6.45, 7) is 2.94. The predicted octanol–water partition coefficient (Wildman–Crippen LogP) is 4.53. The molecule has 1 N–H and O–H groups in total. The highest BCUT2D eigenvalue weighted by atomic mass is 32.2. The van der Waals surface area contributed by atoms with Gasteiger partial charge in [0.15, 0.2) is 9.45 Å². The summed E-state index contributed by atoms with van der Waals surface area (Å²) in [5, 5.41) is 3.58. The lowest BCUT2D eigenvalue weighted by molar-refractivity contribution is -0.111. The van der Waals surface area contributed by atoms with E-state index in [4.69, 9.17) is 0 Å². The van der Waals surface area contributed by atoms with Crippen LogP contribution < -0.4 is 5.32 Å². The number of hydrogen-bond donors (Lipinski definition) is 1. The molecule has 0 amide bonds. The Hall–Kier alpha value is -1.69. The molecule has 1 unspecified atom stereocenters. The van der Waals surface area contributed by atoms with E-state index in [0.29, 0.717) is 6.42 Å². The molecular weight excluding hydrogens is 336 g/mol. The number of rotatable bonds is 7. The Bertz CT molecular complexity index is 768. The number of carbonyl (C=O) groups is 1. The Labute approximate surface area is 150 Å². The Kier molecular flexibility index (Phi) is 6.01. The first-order valence-electron chi connectivity index (χ1n) is 8.04. The number of thiazole rings is 1. The van der Waals surface area contributed by atoms with E-state index in [1.54, 1.807) is 11.3 Å². The summed E-state index contributed by atoms with van der Waals surface area (Å²) in [6.07, 6.45) is 1.49. The second-order valence-corrected chi connectivity index (χ2v) is 8.05. The maximum absolute atomic E-state index is 12.2. The van der Waals surface area contributed by atoms with Crippen molar-refractivity contribution in [1.29, 1.82) is 0 Å². The van der Waals surface area contributed by atoms with Crippen LogP contribution in [0.2, 0.25) is 0 Å². The summed E-state index contributed by atoms with van der Waals surface area (Å²) in [5.74, 6) is 0. The zero-order chi connectivity index (χ0) is 16.8. The Morgan fingerprint density at radius 3 is 2.71 bits per heavy atom. The first-order chi connectivity index (χ1) is 11.7. The first-order valence-corrected chi connectivity index (χ1v) is 9.67. The third-order valence-corrected chi connectivity index (χ3v) is 5.69. The van der Waals surface area contributed by atoms with Crippen LogP contribution in [-0.4, -0.2) is 22.7 Å². The maximum atomic E-state index is 12.2. The van der Waals surface area contributed by atoms with Gasteiger partial charge >= 0.3 is 0 Å². The summed E-state index contributed by atoms with van der Waals surface area (Å²) in [6, 6.07) is 18.5. The lowest BCUT2D eigenvalue weighted by atomic mass is 10.1. The molecule has 0 aliphatic carbocycles. The first kappa shape index (κ1) is 17.1. The maximum Gasteiger partial charge on any atom is 0.197 e. The SMILES string of the molecule is CC(CC(=O)Sc1nc2ccccc2s1)NCCc1ccccc1. The number of para-hydroxylation sites is 1. The predicted molar refractivity (Wildman–Crippen MR) is 103 cm³/mol. The number of benzene rings is 2. The van der Waals surface area contributed by atoms with Gasteiger partial charge in [-0.2, -0.15) is 0 Å². The molecule has 0 spiro atoms. The van der Waals surface area contributed by atoms with Crippen molar-refractivity contribution in [2.45, 2.75) is 30.1 Å². The van der Waals surface area contributed by atoms with Crippen molar-refractivity contribution in [3.05, 3.63) is 60.2 Å². The van der Waals surface area contributed by atoms with Crippen LogP contribution in [0.4, 0.5) is 0 Å². The van der Waals surface area contributed by atoms with E-state index >= 15 is 0 Å². The van der Waals surface area contributed by atoms with Gasteiger partial charge in [-0.05, 0) is 49.3 Å². The Morgan fingerprint density at radius 1 is 1.17 bits per heavy atom. The van der Waals surface area contributed by atoms with E-state index in [2.05, 4.69) is 41.5 Å². The standard InChI is InChI=1S/C19H20N2OS2/c1-14(20-12-11-15-7-3-2-4-8-15)13-18(22)24-19-21-16-9-5-6-10-17(16)23-19/h2-10,14,20H,11-13H2,1H3. The van der Waals surface area contributed by atoms with E-state index < -0.39 is 0 Å². The minimum Gasteiger partial charge on any atom is -0.313 e. The summed E-state index contributed by atoms with van der Waals surface area (Å²) < 4.78 is 1.96. The molecule has 0 fully saturated rings. The number of hydrogen-bond acceptors (Lipinski definition) is 5.